The van der Waals surface area contributed by atoms with Crippen LogP contribution in [0.1, 0.15) is 26.7 Å². The molecule has 82 valence electrons. The molecule has 0 aliphatic rings. The molecule has 0 aliphatic heterocycles. The zero-order valence-electron chi connectivity index (χ0n) is 8.49. The van der Waals surface area contributed by atoms with Gasteiger partial charge in [-0.3, -0.25) is 0 Å². The maximum atomic E-state index is 10.9. The van der Waals surface area contributed by atoms with Crippen molar-refractivity contribution >= 4 is 11.9 Å². The molecule has 0 heterocycles. The minimum atomic E-state index is -1.21. The quantitative estimate of drug-likeness (QED) is 0.496. The minimum Gasteiger partial charge on any atom is -0.463 e. The number of aliphatic hydroxyl groups excluding tert-OH is 1. The predicted molar refractivity (Wildman–Crippen MR) is 48.5 cm³/mol. The first-order valence-electron chi connectivity index (χ1n) is 4.58. The van der Waals surface area contributed by atoms with E-state index in [9.17, 15) is 9.59 Å². The molecular formula is C9H16O5. The summed E-state index contributed by atoms with van der Waals surface area (Å²) in [6.45, 7) is 3.14. The van der Waals surface area contributed by atoms with Gasteiger partial charge in [0.25, 0.3) is 0 Å². The van der Waals surface area contributed by atoms with Crippen molar-refractivity contribution in [2.45, 2.75) is 32.8 Å². The summed E-state index contributed by atoms with van der Waals surface area (Å²) in [6.07, 6.45) is 0.509. The summed E-state index contributed by atoms with van der Waals surface area (Å²) in [5.41, 5.74) is 0. The van der Waals surface area contributed by atoms with E-state index < -0.39 is 24.6 Å². The maximum Gasteiger partial charge on any atom is 0.344 e. The molecule has 0 saturated carbocycles. The SMILES string of the molecule is CCCCOC(=O)COC(=O)C(C)O. The van der Waals surface area contributed by atoms with E-state index in [2.05, 4.69) is 4.74 Å². The van der Waals surface area contributed by atoms with E-state index in [0.717, 1.165) is 12.8 Å². The Balaban J connectivity index is 3.49. The average molecular weight is 204 g/mol. The van der Waals surface area contributed by atoms with Gasteiger partial charge >= 0.3 is 11.9 Å². The fourth-order valence-corrected chi connectivity index (χ4v) is 0.623. The molecule has 0 saturated heterocycles. The summed E-state index contributed by atoms with van der Waals surface area (Å²) in [6, 6.07) is 0. The Morgan fingerprint density at radius 2 is 2.00 bits per heavy atom. The minimum absolute atomic E-state index is 0.335. The van der Waals surface area contributed by atoms with Crippen molar-refractivity contribution in [2.24, 2.45) is 0 Å². The zero-order chi connectivity index (χ0) is 11.0. The number of rotatable bonds is 6. The first-order chi connectivity index (χ1) is 6.57. The monoisotopic (exact) mass is 204 g/mol. The summed E-state index contributed by atoms with van der Waals surface area (Å²) in [5, 5.41) is 8.72. The normalized spacial score (nSPS) is 11.9. The molecule has 1 unspecified atom stereocenters. The summed E-state index contributed by atoms with van der Waals surface area (Å²) >= 11 is 0. The lowest BCUT2D eigenvalue weighted by atomic mass is 10.4. The van der Waals surface area contributed by atoms with Gasteiger partial charge in [0, 0.05) is 0 Å². The molecule has 0 aromatic rings. The van der Waals surface area contributed by atoms with E-state index in [-0.39, 0.29) is 0 Å². The molecule has 0 rings (SSSR count). The van der Waals surface area contributed by atoms with Crippen LogP contribution in [0.25, 0.3) is 0 Å². The third-order valence-corrected chi connectivity index (χ3v) is 1.43. The van der Waals surface area contributed by atoms with Gasteiger partial charge in [-0.1, -0.05) is 13.3 Å². The van der Waals surface area contributed by atoms with Crippen LogP contribution in [0.15, 0.2) is 0 Å². The highest BCUT2D eigenvalue weighted by Crippen LogP contribution is 1.91. The average Bonchev–Trinajstić information content (AvgIpc) is 2.14. The van der Waals surface area contributed by atoms with Crippen molar-refractivity contribution in [3.05, 3.63) is 0 Å². The molecule has 0 aromatic heterocycles. The molecule has 0 amide bonds. The van der Waals surface area contributed by atoms with Crippen LogP contribution in [0.3, 0.4) is 0 Å². The first-order valence-corrected chi connectivity index (χ1v) is 4.58. The van der Waals surface area contributed by atoms with Gasteiger partial charge in [0.05, 0.1) is 6.61 Å². The molecule has 0 bridgehead atoms. The van der Waals surface area contributed by atoms with Gasteiger partial charge in [-0.15, -0.1) is 0 Å². The Kier molecular flexibility index (Phi) is 6.74. The fraction of sp³-hybridized carbons (Fsp3) is 0.778. The van der Waals surface area contributed by atoms with Gasteiger partial charge in [0.15, 0.2) is 6.61 Å². The van der Waals surface area contributed by atoms with Crippen LogP contribution in [-0.4, -0.2) is 36.4 Å². The van der Waals surface area contributed by atoms with Crippen molar-refractivity contribution in [1.82, 2.24) is 0 Å². The van der Waals surface area contributed by atoms with E-state index in [1.54, 1.807) is 0 Å². The third kappa shape index (κ3) is 6.42. The lowest BCUT2D eigenvalue weighted by Crippen LogP contribution is -2.23. The summed E-state index contributed by atoms with van der Waals surface area (Å²) in [7, 11) is 0. The van der Waals surface area contributed by atoms with E-state index in [0.29, 0.717) is 6.61 Å². The number of carbonyl (C=O) groups excluding carboxylic acids is 2. The molecule has 5 heteroatoms. The van der Waals surface area contributed by atoms with Crippen molar-refractivity contribution in [2.75, 3.05) is 13.2 Å². The summed E-state index contributed by atoms with van der Waals surface area (Å²) in [5.74, 6) is -1.41. The molecule has 0 spiro atoms. The Labute approximate surface area is 83.0 Å². The van der Waals surface area contributed by atoms with Crippen LogP contribution in [0.5, 0.6) is 0 Å². The molecule has 1 N–H and O–H groups in total. The van der Waals surface area contributed by atoms with Gasteiger partial charge in [-0.05, 0) is 13.3 Å². The van der Waals surface area contributed by atoms with Crippen molar-refractivity contribution in [3.8, 4) is 0 Å². The van der Waals surface area contributed by atoms with Crippen LogP contribution in [0.2, 0.25) is 0 Å². The molecular weight excluding hydrogens is 188 g/mol. The first kappa shape index (κ1) is 12.9. The maximum absolute atomic E-state index is 10.9. The lowest BCUT2D eigenvalue weighted by Gasteiger charge is -2.06. The highest BCUT2D eigenvalue weighted by Gasteiger charge is 2.12. The van der Waals surface area contributed by atoms with Crippen molar-refractivity contribution in [3.63, 3.8) is 0 Å². The second-order valence-corrected chi connectivity index (χ2v) is 2.86. The van der Waals surface area contributed by atoms with Gasteiger partial charge in [-0.25, -0.2) is 9.59 Å². The highest BCUT2D eigenvalue weighted by atomic mass is 16.6. The number of ether oxygens (including phenoxy) is 2. The zero-order valence-corrected chi connectivity index (χ0v) is 8.49. The molecule has 0 fully saturated rings. The second-order valence-electron chi connectivity index (χ2n) is 2.86. The van der Waals surface area contributed by atoms with E-state index in [4.69, 9.17) is 9.84 Å². The van der Waals surface area contributed by atoms with E-state index in [1.807, 2.05) is 6.92 Å². The number of hydrogen-bond acceptors (Lipinski definition) is 5. The molecule has 14 heavy (non-hydrogen) atoms. The Morgan fingerprint density at radius 3 is 2.50 bits per heavy atom. The van der Waals surface area contributed by atoms with Crippen LogP contribution >= 0.6 is 0 Å². The summed E-state index contributed by atoms with van der Waals surface area (Å²) < 4.78 is 9.15. The van der Waals surface area contributed by atoms with Crippen LogP contribution in [-0.2, 0) is 19.1 Å². The number of carbonyl (C=O) groups is 2. The molecule has 0 aromatic carbocycles. The van der Waals surface area contributed by atoms with Gasteiger partial charge in [-0.2, -0.15) is 0 Å². The second kappa shape index (κ2) is 7.32. The Morgan fingerprint density at radius 1 is 1.36 bits per heavy atom. The van der Waals surface area contributed by atoms with Gasteiger partial charge < -0.3 is 14.6 Å². The molecule has 0 radical (unpaired) electrons. The topological polar surface area (TPSA) is 72.8 Å². The fourth-order valence-electron chi connectivity index (χ4n) is 0.623. The van der Waals surface area contributed by atoms with E-state index >= 15 is 0 Å². The number of unbranched alkanes of at least 4 members (excludes halogenated alkanes) is 1. The molecule has 1 atom stereocenters. The summed E-state index contributed by atoms with van der Waals surface area (Å²) in [4.78, 5) is 21.6. The number of hydrogen-bond donors (Lipinski definition) is 1. The van der Waals surface area contributed by atoms with Crippen LogP contribution < -0.4 is 0 Å². The Bertz CT molecular complexity index is 188. The lowest BCUT2D eigenvalue weighted by molar-refractivity contribution is -0.163. The largest absolute Gasteiger partial charge is 0.463 e. The third-order valence-electron chi connectivity index (χ3n) is 1.43. The highest BCUT2D eigenvalue weighted by molar-refractivity contribution is 5.78. The van der Waals surface area contributed by atoms with Crippen molar-refractivity contribution in [1.29, 1.82) is 0 Å². The van der Waals surface area contributed by atoms with E-state index in [1.165, 1.54) is 6.92 Å². The van der Waals surface area contributed by atoms with Crippen molar-refractivity contribution < 1.29 is 24.2 Å². The predicted octanol–water partition coefficient (Wildman–Crippen LogP) is 0.254. The molecule has 5 nitrogen and oxygen atoms in total. The number of esters is 2. The Hall–Kier alpha value is -1.10. The van der Waals surface area contributed by atoms with Crippen LogP contribution in [0, 0.1) is 0 Å². The van der Waals surface area contributed by atoms with Gasteiger partial charge in [0.1, 0.15) is 6.10 Å². The number of aliphatic hydroxyl groups is 1. The smallest absolute Gasteiger partial charge is 0.344 e. The molecule has 0 aliphatic carbocycles. The van der Waals surface area contributed by atoms with Gasteiger partial charge in [0.2, 0.25) is 0 Å². The standard InChI is InChI=1S/C9H16O5/c1-3-4-5-13-8(11)6-14-9(12)7(2)10/h7,10H,3-6H2,1-2H3. The van der Waals surface area contributed by atoms with Crippen LogP contribution in [0.4, 0.5) is 0 Å².